The molecule has 98 valence electrons. The van der Waals surface area contributed by atoms with Crippen molar-refractivity contribution in [2.24, 2.45) is 0 Å². The van der Waals surface area contributed by atoms with Gasteiger partial charge in [-0.05, 0) is 42.8 Å². The lowest BCUT2D eigenvalue weighted by Crippen LogP contribution is -2.42. The molecule has 0 aromatic heterocycles. The van der Waals surface area contributed by atoms with Gasteiger partial charge in [0, 0.05) is 24.6 Å². The molecule has 1 aliphatic heterocycles. The van der Waals surface area contributed by atoms with Crippen LogP contribution in [0.2, 0.25) is 0 Å². The molecule has 1 heterocycles. The molecule has 0 unspecified atom stereocenters. The van der Waals surface area contributed by atoms with E-state index in [2.05, 4.69) is 26.1 Å². The lowest BCUT2D eigenvalue weighted by Gasteiger charge is -2.37. The van der Waals surface area contributed by atoms with E-state index in [0.29, 0.717) is 23.1 Å². The Morgan fingerprint density at radius 3 is 2.67 bits per heavy atom. The van der Waals surface area contributed by atoms with Crippen LogP contribution in [0.1, 0.15) is 27.2 Å². The molecule has 3 nitrogen and oxygen atoms in total. The molecule has 1 aliphatic rings. The Morgan fingerprint density at radius 2 is 2.06 bits per heavy atom. The van der Waals surface area contributed by atoms with Gasteiger partial charge >= 0.3 is 0 Å². The summed E-state index contributed by atoms with van der Waals surface area (Å²) >= 11 is 3.15. The molecule has 1 aromatic rings. The number of carbonyl (C=O) groups excluding carboxylic acids is 1. The maximum atomic E-state index is 13.7. The highest BCUT2D eigenvalue weighted by Gasteiger charge is 2.28. The van der Waals surface area contributed by atoms with Crippen LogP contribution in [0.25, 0.3) is 0 Å². The maximum Gasteiger partial charge on any atom is 0.226 e. The van der Waals surface area contributed by atoms with E-state index in [9.17, 15) is 9.18 Å². The minimum atomic E-state index is -0.320. The zero-order valence-corrected chi connectivity index (χ0v) is 12.3. The number of fused-ring (bicyclic) bond motifs is 1. The monoisotopic (exact) mass is 314 g/mol. The Kier molecular flexibility index (Phi) is 3.36. The number of hydrogen-bond acceptors (Lipinski definition) is 2. The Labute approximate surface area is 114 Å². The van der Waals surface area contributed by atoms with Gasteiger partial charge in [0.1, 0.15) is 5.82 Å². The van der Waals surface area contributed by atoms with E-state index >= 15 is 0 Å². The number of rotatable bonds is 0. The molecule has 2 rings (SSSR count). The van der Waals surface area contributed by atoms with Gasteiger partial charge in [-0.1, -0.05) is 0 Å². The number of amides is 1. The van der Waals surface area contributed by atoms with E-state index in [4.69, 9.17) is 0 Å². The van der Waals surface area contributed by atoms with Crippen molar-refractivity contribution in [1.29, 1.82) is 0 Å². The third-order valence-electron chi connectivity index (χ3n) is 2.98. The Hall–Kier alpha value is -1.10. The molecule has 1 N–H and O–H groups in total. The lowest BCUT2D eigenvalue weighted by molar-refractivity contribution is -0.116. The van der Waals surface area contributed by atoms with Crippen molar-refractivity contribution in [2.75, 3.05) is 16.8 Å². The molecule has 0 radical (unpaired) electrons. The first kappa shape index (κ1) is 13.3. The van der Waals surface area contributed by atoms with Crippen LogP contribution in [0.3, 0.4) is 0 Å². The average Bonchev–Trinajstić information content (AvgIpc) is 2.37. The first-order valence-electron chi connectivity index (χ1n) is 5.85. The number of hydrogen-bond donors (Lipinski definition) is 1. The largest absolute Gasteiger partial charge is 0.364 e. The SMILES string of the molecule is CC(C)(C)N1CCC(=O)Nc2cc(Br)c(F)cc21. The molecule has 0 saturated heterocycles. The molecule has 5 heteroatoms. The number of nitrogens with one attached hydrogen (secondary N) is 1. The summed E-state index contributed by atoms with van der Waals surface area (Å²) in [6.07, 6.45) is 0.408. The van der Waals surface area contributed by atoms with Gasteiger partial charge in [-0.15, -0.1) is 0 Å². The summed E-state index contributed by atoms with van der Waals surface area (Å²) in [6.45, 7) is 6.73. The lowest BCUT2D eigenvalue weighted by atomic mass is 10.0. The van der Waals surface area contributed by atoms with Gasteiger partial charge in [-0.3, -0.25) is 4.79 Å². The van der Waals surface area contributed by atoms with Crippen LogP contribution in [-0.2, 0) is 4.79 Å². The normalized spacial score (nSPS) is 16.1. The van der Waals surface area contributed by atoms with Gasteiger partial charge in [-0.2, -0.15) is 0 Å². The summed E-state index contributed by atoms with van der Waals surface area (Å²) in [4.78, 5) is 13.7. The fourth-order valence-corrected chi connectivity index (χ4v) is 2.45. The van der Waals surface area contributed by atoms with Gasteiger partial charge in [0.15, 0.2) is 0 Å². The van der Waals surface area contributed by atoms with Gasteiger partial charge in [0.2, 0.25) is 5.91 Å². The minimum Gasteiger partial charge on any atom is -0.364 e. The summed E-state index contributed by atoms with van der Waals surface area (Å²) in [5, 5.41) is 2.82. The molecule has 18 heavy (non-hydrogen) atoms. The zero-order chi connectivity index (χ0) is 13.5. The second-order valence-electron chi connectivity index (χ2n) is 5.40. The van der Waals surface area contributed by atoms with Crippen molar-refractivity contribution >= 4 is 33.2 Å². The van der Waals surface area contributed by atoms with Crippen molar-refractivity contribution in [3.8, 4) is 0 Å². The maximum absolute atomic E-state index is 13.7. The van der Waals surface area contributed by atoms with E-state index < -0.39 is 0 Å². The van der Waals surface area contributed by atoms with Crippen LogP contribution in [0.5, 0.6) is 0 Å². The molecule has 0 fully saturated rings. The average molecular weight is 315 g/mol. The third kappa shape index (κ3) is 2.51. The van der Waals surface area contributed by atoms with E-state index in [0.717, 1.165) is 5.69 Å². The van der Waals surface area contributed by atoms with Crippen molar-refractivity contribution in [1.82, 2.24) is 0 Å². The van der Waals surface area contributed by atoms with E-state index in [1.807, 2.05) is 20.8 Å². The Balaban J connectivity index is 2.57. The Bertz CT molecular complexity index is 496. The smallest absolute Gasteiger partial charge is 0.226 e. The van der Waals surface area contributed by atoms with Crippen molar-refractivity contribution in [3.63, 3.8) is 0 Å². The van der Waals surface area contributed by atoms with E-state index in [1.165, 1.54) is 6.07 Å². The van der Waals surface area contributed by atoms with Crippen LogP contribution in [0.4, 0.5) is 15.8 Å². The summed E-state index contributed by atoms with van der Waals surface area (Å²) < 4.78 is 14.1. The predicted octanol–water partition coefficient (Wildman–Crippen LogP) is 3.54. The topological polar surface area (TPSA) is 32.3 Å². The number of carbonyl (C=O) groups is 1. The van der Waals surface area contributed by atoms with E-state index in [1.54, 1.807) is 6.07 Å². The molecule has 1 aromatic carbocycles. The summed E-state index contributed by atoms with van der Waals surface area (Å²) in [5.41, 5.74) is 1.22. The second-order valence-corrected chi connectivity index (χ2v) is 6.26. The third-order valence-corrected chi connectivity index (χ3v) is 3.58. The van der Waals surface area contributed by atoms with Gasteiger partial charge < -0.3 is 10.2 Å². The van der Waals surface area contributed by atoms with Crippen molar-refractivity contribution in [3.05, 3.63) is 22.4 Å². The second kappa shape index (κ2) is 4.53. The van der Waals surface area contributed by atoms with Gasteiger partial charge in [-0.25, -0.2) is 4.39 Å². The highest BCUT2D eigenvalue weighted by Crippen LogP contribution is 2.36. The van der Waals surface area contributed by atoms with Crippen LogP contribution >= 0.6 is 15.9 Å². The fraction of sp³-hybridized carbons (Fsp3) is 0.462. The molecular formula is C13H16BrFN2O. The molecule has 0 spiro atoms. The first-order chi connectivity index (χ1) is 8.29. The number of nitrogens with zero attached hydrogens (tertiary/aromatic N) is 1. The molecule has 0 bridgehead atoms. The van der Waals surface area contributed by atoms with Crippen LogP contribution < -0.4 is 10.2 Å². The van der Waals surface area contributed by atoms with Crippen molar-refractivity contribution < 1.29 is 9.18 Å². The van der Waals surface area contributed by atoms with Crippen LogP contribution in [-0.4, -0.2) is 18.0 Å². The predicted molar refractivity (Wildman–Crippen MR) is 74.4 cm³/mol. The van der Waals surface area contributed by atoms with E-state index in [-0.39, 0.29) is 17.3 Å². The molecule has 1 amide bonds. The summed E-state index contributed by atoms with van der Waals surface area (Å²) in [6, 6.07) is 3.09. The van der Waals surface area contributed by atoms with Gasteiger partial charge in [0.05, 0.1) is 15.8 Å². The quantitative estimate of drug-likeness (QED) is 0.794. The highest BCUT2D eigenvalue weighted by atomic mass is 79.9. The standard InChI is InChI=1S/C13H16BrFN2O/c1-13(2,3)17-5-4-12(18)16-10-6-8(14)9(15)7-11(10)17/h6-7H,4-5H2,1-3H3,(H,16,18). The molecular weight excluding hydrogens is 299 g/mol. The molecule has 0 saturated carbocycles. The number of anilines is 2. The molecule has 0 atom stereocenters. The van der Waals surface area contributed by atoms with Gasteiger partial charge in [0.25, 0.3) is 0 Å². The summed E-state index contributed by atoms with van der Waals surface area (Å²) in [5.74, 6) is -0.361. The van der Waals surface area contributed by atoms with Crippen molar-refractivity contribution in [2.45, 2.75) is 32.7 Å². The number of benzene rings is 1. The van der Waals surface area contributed by atoms with Crippen LogP contribution in [0.15, 0.2) is 16.6 Å². The Morgan fingerprint density at radius 1 is 1.39 bits per heavy atom. The van der Waals surface area contributed by atoms with Crippen LogP contribution in [0, 0.1) is 5.82 Å². The minimum absolute atomic E-state index is 0.0403. The first-order valence-corrected chi connectivity index (χ1v) is 6.65. The zero-order valence-electron chi connectivity index (χ0n) is 10.7. The summed E-state index contributed by atoms with van der Waals surface area (Å²) in [7, 11) is 0. The fourth-order valence-electron chi connectivity index (χ4n) is 2.10. The number of halogens is 2. The highest BCUT2D eigenvalue weighted by molar-refractivity contribution is 9.10. The molecule has 0 aliphatic carbocycles.